The summed E-state index contributed by atoms with van der Waals surface area (Å²) < 4.78 is 5.11. The highest BCUT2D eigenvalue weighted by molar-refractivity contribution is 7.80. The largest absolute Gasteiger partial charge is 0.465 e. The number of thiocarbonyl (C=S) groups is 1. The Morgan fingerprint density at radius 2 is 2.04 bits per heavy atom. The van der Waals surface area contributed by atoms with Crippen LogP contribution in [0.4, 0.5) is 5.13 Å². The predicted octanol–water partition coefficient (Wildman–Crippen LogP) is 3.93. The van der Waals surface area contributed by atoms with E-state index in [4.69, 9.17) is 16.6 Å². The van der Waals surface area contributed by atoms with Crippen molar-refractivity contribution >= 4 is 45.8 Å². The molecule has 7 heteroatoms. The zero-order chi connectivity index (χ0) is 16.8. The fraction of sp³-hybridized carbons (Fsp3) is 0. The number of carbonyl (C=O) groups excluding carboxylic acids is 1. The molecule has 24 heavy (non-hydrogen) atoms. The zero-order valence-electron chi connectivity index (χ0n) is 12.4. The molecule has 0 saturated heterocycles. The Morgan fingerprint density at radius 1 is 1.21 bits per heavy atom. The Labute approximate surface area is 148 Å². The van der Waals surface area contributed by atoms with Crippen molar-refractivity contribution in [1.82, 2.24) is 10.3 Å². The molecule has 0 radical (unpaired) electrons. The van der Waals surface area contributed by atoms with Crippen molar-refractivity contribution in [3.8, 4) is 11.3 Å². The number of benzene rings is 1. The molecule has 2 aromatic heterocycles. The summed E-state index contributed by atoms with van der Waals surface area (Å²) in [6.45, 7) is 0. The number of hydrogen-bond acceptors (Lipinski definition) is 5. The van der Waals surface area contributed by atoms with Crippen LogP contribution >= 0.6 is 23.6 Å². The minimum absolute atomic E-state index is 0.193. The summed E-state index contributed by atoms with van der Waals surface area (Å²) >= 11 is 6.54. The second-order valence-electron chi connectivity index (χ2n) is 4.70. The zero-order valence-corrected chi connectivity index (χ0v) is 14.1. The molecule has 2 N–H and O–H groups in total. The normalized spacial score (nSPS) is 10.7. The van der Waals surface area contributed by atoms with Gasteiger partial charge in [-0.05, 0) is 30.4 Å². The molecule has 0 aliphatic rings. The standard InChI is InChI=1S/C17H13N3O2S2/c21-15(9-8-13-7-4-10-22-13)19-16(23)20-17-18-14(11-24-17)12-5-2-1-3-6-12/h1-11H,(H2,18,19,20,21,23). The van der Waals surface area contributed by atoms with Gasteiger partial charge in [-0.25, -0.2) is 4.98 Å². The Morgan fingerprint density at radius 3 is 2.79 bits per heavy atom. The number of anilines is 1. The third-order valence-electron chi connectivity index (χ3n) is 2.97. The van der Waals surface area contributed by atoms with Crippen LogP contribution in [-0.2, 0) is 4.79 Å². The Kier molecular flexibility index (Phi) is 5.15. The van der Waals surface area contributed by atoms with Crippen molar-refractivity contribution in [3.63, 3.8) is 0 Å². The first-order valence-electron chi connectivity index (χ1n) is 7.05. The number of aromatic nitrogens is 1. The SMILES string of the molecule is O=C(C=Cc1ccco1)NC(=S)Nc1nc(-c2ccccc2)cs1. The molecular weight excluding hydrogens is 342 g/mol. The number of rotatable bonds is 4. The van der Waals surface area contributed by atoms with Gasteiger partial charge < -0.3 is 9.73 Å². The number of nitrogens with zero attached hydrogens (tertiary/aromatic N) is 1. The average Bonchev–Trinajstić information content (AvgIpc) is 3.25. The number of hydrogen-bond donors (Lipinski definition) is 2. The van der Waals surface area contributed by atoms with Gasteiger partial charge >= 0.3 is 0 Å². The van der Waals surface area contributed by atoms with Gasteiger partial charge in [0, 0.05) is 17.0 Å². The summed E-state index contributed by atoms with van der Waals surface area (Å²) in [7, 11) is 0. The second kappa shape index (κ2) is 7.67. The van der Waals surface area contributed by atoms with Crippen molar-refractivity contribution in [2.75, 3.05) is 5.32 Å². The molecule has 0 spiro atoms. The van der Waals surface area contributed by atoms with E-state index in [1.54, 1.807) is 18.2 Å². The molecule has 5 nitrogen and oxygen atoms in total. The summed E-state index contributed by atoms with van der Waals surface area (Å²) in [4.78, 5) is 16.2. The quantitative estimate of drug-likeness (QED) is 0.548. The highest BCUT2D eigenvalue weighted by Gasteiger charge is 2.07. The van der Waals surface area contributed by atoms with Crippen LogP contribution < -0.4 is 10.6 Å². The van der Waals surface area contributed by atoms with Gasteiger partial charge in [0.1, 0.15) is 5.76 Å². The maximum Gasteiger partial charge on any atom is 0.250 e. The van der Waals surface area contributed by atoms with E-state index >= 15 is 0 Å². The maximum absolute atomic E-state index is 11.8. The van der Waals surface area contributed by atoms with Crippen LogP contribution in [-0.4, -0.2) is 16.0 Å². The Hall–Kier alpha value is -2.77. The summed E-state index contributed by atoms with van der Waals surface area (Å²) in [6, 6.07) is 13.3. The third kappa shape index (κ3) is 4.37. The molecule has 1 aromatic carbocycles. The minimum Gasteiger partial charge on any atom is -0.465 e. The number of thiazole rings is 1. The van der Waals surface area contributed by atoms with E-state index in [0.717, 1.165) is 11.3 Å². The molecule has 0 saturated carbocycles. The van der Waals surface area contributed by atoms with Crippen molar-refractivity contribution in [2.24, 2.45) is 0 Å². The van der Waals surface area contributed by atoms with Crippen LogP contribution in [0.1, 0.15) is 5.76 Å². The van der Waals surface area contributed by atoms with Gasteiger partial charge in [-0.3, -0.25) is 10.1 Å². The van der Waals surface area contributed by atoms with E-state index in [9.17, 15) is 4.79 Å². The van der Waals surface area contributed by atoms with Gasteiger partial charge in [0.05, 0.1) is 12.0 Å². The van der Waals surface area contributed by atoms with E-state index in [1.165, 1.54) is 23.7 Å². The van der Waals surface area contributed by atoms with Crippen LogP contribution in [0.3, 0.4) is 0 Å². The molecule has 0 aliphatic heterocycles. The average molecular weight is 355 g/mol. The van der Waals surface area contributed by atoms with Crippen molar-refractivity contribution in [2.45, 2.75) is 0 Å². The molecule has 2 heterocycles. The molecular formula is C17H13N3O2S2. The lowest BCUT2D eigenvalue weighted by molar-refractivity contribution is -0.115. The molecule has 1 amide bonds. The first-order valence-corrected chi connectivity index (χ1v) is 8.34. The first-order chi connectivity index (χ1) is 11.7. The minimum atomic E-state index is -0.344. The van der Waals surface area contributed by atoms with E-state index in [1.807, 2.05) is 35.7 Å². The molecule has 0 aliphatic carbocycles. The summed E-state index contributed by atoms with van der Waals surface area (Å²) in [5, 5.41) is 8.21. The fourth-order valence-electron chi connectivity index (χ4n) is 1.90. The molecule has 0 fully saturated rings. The lowest BCUT2D eigenvalue weighted by atomic mass is 10.2. The first kappa shape index (κ1) is 16.1. The molecule has 120 valence electrons. The summed E-state index contributed by atoms with van der Waals surface area (Å²) in [5.74, 6) is 0.250. The van der Waals surface area contributed by atoms with E-state index < -0.39 is 0 Å². The van der Waals surface area contributed by atoms with Crippen LogP contribution in [0.25, 0.3) is 17.3 Å². The van der Waals surface area contributed by atoms with Crippen LogP contribution in [0.5, 0.6) is 0 Å². The summed E-state index contributed by atoms with van der Waals surface area (Å²) in [5.41, 5.74) is 1.88. The van der Waals surface area contributed by atoms with Crippen LogP contribution in [0.15, 0.2) is 64.6 Å². The van der Waals surface area contributed by atoms with Crippen molar-refractivity contribution in [3.05, 3.63) is 65.9 Å². The number of furan rings is 1. The van der Waals surface area contributed by atoms with Crippen molar-refractivity contribution in [1.29, 1.82) is 0 Å². The monoisotopic (exact) mass is 355 g/mol. The molecule has 3 rings (SSSR count). The highest BCUT2D eigenvalue weighted by Crippen LogP contribution is 2.24. The van der Waals surface area contributed by atoms with E-state index in [-0.39, 0.29) is 11.0 Å². The van der Waals surface area contributed by atoms with Gasteiger partial charge in [0.25, 0.3) is 0 Å². The number of carbonyl (C=O) groups is 1. The topological polar surface area (TPSA) is 67.2 Å². The number of amides is 1. The molecule has 0 bridgehead atoms. The van der Waals surface area contributed by atoms with Crippen LogP contribution in [0.2, 0.25) is 0 Å². The van der Waals surface area contributed by atoms with Gasteiger partial charge in [0.2, 0.25) is 5.91 Å². The van der Waals surface area contributed by atoms with Crippen molar-refractivity contribution < 1.29 is 9.21 Å². The van der Waals surface area contributed by atoms with Gasteiger partial charge in [-0.1, -0.05) is 30.3 Å². The third-order valence-corrected chi connectivity index (χ3v) is 3.93. The summed E-state index contributed by atoms with van der Waals surface area (Å²) in [6.07, 6.45) is 4.45. The van der Waals surface area contributed by atoms with Gasteiger partial charge in [-0.15, -0.1) is 11.3 Å². The smallest absolute Gasteiger partial charge is 0.250 e. The predicted molar refractivity (Wildman–Crippen MR) is 99.7 cm³/mol. The van der Waals surface area contributed by atoms with Gasteiger partial charge in [-0.2, -0.15) is 0 Å². The van der Waals surface area contributed by atoms with E-state index in [2.05, 4.69) is 15.6 Å². The molecule has 0 atom stereocenters. The lowest BCUT2D eigenvalue weighted by Crippen LogP contribution is -2.32. The maximum atomic E-state index is 11.8. The lowest BCUT2D eigenvalue weighted by Gasteiger charge is -2.04. The van der Waals surface area contributed by atoms with Gasteiger partial charge in [0.15, 0.2) is 10.2 Å². The number of nitrogens with one attached hydrogen (secondary N) is 2. The fourth-order valence-corrected chi connectivity index (χ4v) is 2.88. The van der Waals surface area contributed by atoms with E-state index in [0.29, 0.717) is 10.9 Å². The second-order valence-corrected chi connectivity index (χ2v) is 5.96. The Balaban J connectivity index is 1.55. The highest BCUT2D eigenvalue weighted by atomic mass is 32.1. The Bertz CT molecular complexity index is 855. The molecule has 3 aromatic rings. The van der Waals surface area contributed by atoms with Crippen LogP contribution in [0, 0.1) is 0 Å². The molecule has 0 unspecified atom stereocenters.